The predicted molar refractivity (Wildman–Crippen MR) is 101 cm³/mol. The number of aliphatic hydroxyl groups is 1. The summed E-state index contributed by atoms with van der Waals surface area (Å²) in [4.78, 5) is 12.3. The Labute approximate surface area is 154 Å². The van der Waals surface area contributed by atoms with Crippen molar-refractivity contribution in [3.63, 3.8) is 0 Å². The van der Waals surface area contributed by atoms with Gasteiger partial charge in [0, 0.05) is 12.0 Å². The van der Waals surface area contributed by atoms with Crippen LogP contribution in [-0.2, 0) is 4.74 Å². The first-order valence-corrected chi connectivity index (χ1v) is 9.43. The first kappa shape index (κ1) is 17.1. The van der Waals surface area contributed by atoms with Crippen molar-refractivity contribution in [1.29, 1.82) is 0 Å². The Morgan fingerprint density at radius 3 is 2.31 bits per heavy atom. The summed E-state index contributed by atoms with van der Waals surface area (Å²) in [5, 5.41) is 12.8. The SMILES string of the molecule is CC1CC(NC(=O)OCC2c3ccccc3-c3ccccc32)CCC1O. The van der Waals surface area contributed by atoms with E-state index in [4.69, 9.17) is 4.74 Å². The van der Waals surface area contributed by atoms with Crippen LogP contribution in [0, 0.1) is 5.92 Å². The van der Waals surface area contributed by atoms with Crippen LogP contribution in [0.2, 0.25) is 0 Å². The van der Waals surface area contributed by atoms with Crippen molar-refractivity contribution in [3.05, 3.63) is 59.7 Å². The zero-order valence-corrected chi connectivity index (χ0v) is 15.0. The highest BCUT2D eigenvalue weighted by molar-refractivity contribution is 5.79. The summed E-state index contributed by atoms with van der Waals surface area (Å²) in [6.45, 7) is 2.36. The summed E-state index contributed by atoms with van der Waals surface area (Å²) in [6.07, 6.45) is 1.72. The number of fused-ring (bicyclic) bond motifs is 3. The lowest BCUT2D eigenvalue weighted by molar-refractivity contribution is 0.0630. The van der Waals surface area contributed by atoms with Crippen LogP contribution in [0.4, 0.5) is 4.79 Å². The molecule has 2 N–H and O–H groups in total. The zero-order chi connectivity index (χ0) is 18.1. The Morgan fingerprint density at radius 1 is 1.08 bits per heavy atom. The van der Waals surface area contributed by atoms with E-state index in [1.165, 1.54) is 22.3 Å². The lowest BCUT2D eigenvalue weighted by Gasteiger charge is -2.31. The van der Waals surface area contributed by atoms with Gasteiger partial charge in [0.1, 0.15) is 6.61 Å². The van der Waals surface area contributed by atoms with Crippen molar-refractivity contribution in [2.24, 2.45) is 5.92 Å². The third-order valence-electron chi connectivity index (χ3n) is 5.79. The number of benzene rings is 2. The van der Waals surface area contributed by atoms with Crippen LogP contribution in [0.3, 0.4) is 0 Å². The highest BCUT2D eigenvalue weighted by Gasteiger charge is 2.30. The largest absolute Gasteiger partial charge is 0.449 e. The molecular formula is C22H25NO3. The van der Waals surface area contributed by atoms with Crippen molar-refractivity contribution < 1.29 is 14.6 Å². The quantitative estimate of drug-likeness (QED) is 0.876. The van der Waals surface area contributed by atoms with E-state index in [9.17, 15) is 9.90 Å². The van der Waals surface area contributed by atoms with Crippen LogP contribution in [0.5, 0.6) is 0 Å². The van der Waals surface area contributed by atoms with Gasteiger partial charge in [-0.3, -0.25) is 0 Å². The smallest absolute Gasteiger partial charge is 0.407 e. The van der Waals surface area contributed by atoms with E-state index in [0.717, 1.165) is 19.3 Å². The Hall–Kier alpha value is -2.33. The fraction of sp³-hybridized carbons (Fsp3) is 0.409. The van der Waals surface area contributed by atoms with Crippen molar-refractivity contribution >= 4 is 6.09 Å². The second-order valence-corrected chi connectivity index (χ2v) is 7.52. The second-order valence-electron chi connectivity index (χ2n) is 7.52. The van der Waals surface area contributed by atoms with Crippen LogP contribution in [-0.4, -0.2) is 30.0 Å². The van der Waals surface area contributed by atoms with Crippen LogP contribution < -0.4 is 5.32 Å². The average molecular weight is 351 g/mol. The van der Waals surface area contributed by atoms with E-state index in [1.54, 1.807) is 0 Å². The summed E-state index contributed by atoms with van der Waals surface area (Å²) in [6, 6.07) is 16.7. The van der Waals surface area contributed by atoms with Crippen molar-refractivity contribution in [3.8, 4) is 11.1 Å². The Morgan fingerprint density at radius 2 is 1.69 bits per heavy atom. The molecule has 2 aromatic carbocycles. The van der Waals surface area contributed by atoms with Gasteiger partial charge in [-0.05, 0) is 47.4 Å². The van der Waals surface area contributed by atoms with Crippen LogP contribution in [0.1, 0.15) is 43.2 Å². The van der Waals surface area contributed by atoms with Gasteiger partial charge >= 0.3 is 6.09 Å². The predicted octanol–water partition coefficient (Wildman–Crippen LogP) is 4.07. The van der Waals surface area contributed by atoms with Gasteiger partial charge in [-0.25, -0.2) is 4.79 Å². The molecule has 0 bridgehead atoms. The number of rotatable bonds is 3. The van der Waals surface area contributed by atoms with E-state index in [2.05, 4.69) is 29.6 Å². The molecule has 2 aliphatic carbocycles. The molecule has 3 atom stereocenters. The number of carbonyl (C=O) groups excluding carboxylic acids is 1. The first-order chi connectivity index (χ1) is 12.6. The lowest BCUT2D eigenvalue weighted by atomic mass is 9.85. The molecule has 0 spiro atoms. The Bertz CT molecular complexity index is 758. The molecule has 1 fully saturated rings. The van der Waals surface area contributed by atoms with Crippen molar-refractivity contribution in [1.82, 2.24) is 5.32 Å². The summed E-state index contributed by atoms with van der Waals surface area (Å²) >= 11 is 0. The Balaban J connectivity index is 1.41. The summed E-state index contributed by atoms with van der Waals surface area (Å²) < 4.78 is 5.59. The number of hydrogen-bond acceptors (Lipinski definition) is 3. The maximum absolute atomic E-state index is 12.3. The maximum atomic E-state index is 12.3. The number of hydrogen-bond donors (Lipinski definition) is 2. The highest BCUT2D eigenvalue weighted by Crippen LogP contribution is 2.44. The summed E-state index contributed by atoms with van der Waals surface area (Å²) in [5.74, 6) is 0.294. The van der Waals surface area contributed by atoms with E-state index < -0.39 is 0 Å². The minimum absolute atomic E-state index is 0.0836. The van der Waals surface area contributed by atoms with Gasteiger partial charge < -0.3 is 15.2 Å². The number of aliphatic hydroxyl groups excluding tert-OH is 1. The topological polar surface area (TPSA) is 58.6 Å². The van der Waals surface area contributed by atoms with Gasteiger partial charge in [0.25, 0.3) is 0 Å². The van der Waals surface area contributed by atoms with Gasteiger partial charge in [0.15, 0.2) is 0 Å². The number of alkyl carbamates (subject to hydrolysis) is 1. The standard InChI is InChI=1S/C22H25NO3/c1-14-12-15(10-11-21(14)24)23-22(25)26-13-20-18-8-4-2-6-16(18)17-7-3-5-9-19(17)20/h2-9,14-15,20-21,24H,10-13H2,1H3,(H,23,25). The zero-order valence-electron chi connectivity index (χ0n) is 15.0. The van der Waals surface area contributed by atoms with Gasteiger partial charge in [-0.1, -0.05) is 55.5 Å². The van der Waals surface area contributed by atoms with E-state index in [1.807, 2.05) is 31.2 Å². The molecule has 26 heavy (non-hydrogen) atoms. The van der Waals surface area contributed by atoms with Crippen LogP contribution >= 0.6 is 0 Å². The first-order valence-electron chi connectivity index (χ1n) is 9.43. The molecule has 1 amide bonds. The number of carbonyl (C=O) groups is 1. The lowest BCUT2D eigenvalue weighted by Crippen LogP contribution is -2.42. The molecule has 0 aromatic heterocycles. The fourth-order valence-corrected chi connectivity index (χ4v) is 4.32. The summed E-state index contributed by atoms with van der Waals surface area (Å²) in [7, 11) is 0. The highest BCUT2D eigenvalue weighted by atomic mass is 16.5. The molecule has 0 radical (unpaired) electrons. The molecule has 0 aliphatic heterocycles. The van der Waals surface area contributed by atoms with E-state index in [0.29, 0.717) is 6.61 Å². The van der Waals surface area contributed by atoms with Crippen LogP contribution in [0.25, 0.3) is 11.1 Å². The second kappa shape index (κ2) is 7.12. The number of amides is 1. The molecule has 4 nitrogen and oxygen atoms in total. The van der Waals surface area contributed by atoms with Gasteiger partial charge in [0.05, 0.1) is 6.10 Å². The maximum Gasteiger partial charge on any atom is 0.407 e. The molecule has 136 valence electrons. The van der Waals surface area contributed by atoms with Gasteiger partial charge in [-0.2, -0.15) is 0 Å². The number of ether oxygens (including phenoxy) is 1. The average Bonchev–Trinajstić information content (AvgIpc) is 2.97. The minimum Gasteiger partial charge on any atom is -0.449 e. The van der Waals surface area contributed by atoms with Crippen LogP contribution in [0.15, 0.2) is 48.5 Å². The molecule has 2 aliphatic rings. The third-order valence-corrected chi connectivity index (χ3v) is 5.79. The Kier molecular flexibility index (Phi) is 4.68. The van der Waals surface area contributed by atoms with E-state index >= 15 is 0 Å². The molecular weight excluding hydrogens is 326 g/mol. The minimum atomic E-state index is -0.361. The molecule has 1 saturated carbocycles. The monoisotopic (exact) mass is 351 g/mol. The van der Waals surface area contributed by atoms with E-state index in [-0.39, 0.29) is 30.1 Å². The molecule has 3 unspecified atom stereocenters. The molecule has 4 heteroatoms. The normalized spacial score (nSPS) is 24.6. The molecule has 0 heterocycles. The van der Waals surface area contributed by atoms with Gasteiger partial charge in [-0.15, -0.1) is 0 Å². The third kappa shape index (κ3) is 3.21. The van der Waals surface area contributed by atoms with Crippen molar-refractivity contribution in [2.45, 2.75) is 44.2 Å². The molecule has 0 saturated heterocycles. The summed E-state index contributed by atoms with van der Waals surface area (Å²) in [5.41, 5.74) is 4.89. The fourth-order valence-electron chi connectivity index (χ4n) is 4.32. The van der Waals surface area contributed by atoms with Crippen molar-refractivity contribution in [2.75, 3.05) is 6.61 Å². The number of nitrogens with one attached hydrogen (secondary N) is 1. The molecule has 2 aromatic rings. The molecule has 4 rings (SSSR count). The van der Waals surface area contributed by atoms with Gasteiger partial charge in [0.2, 0.25) is 0 Å².